The number of likely N-dealkylation sites (tertiary alicyclic amines) is 1. The number of nitrogens with zero attached hydrogens (tertiary/aromatic N) is 1. The van der Waals surface area contributed by atoms with Gasteiger partial charge < -0.3 is 5.11 Å². The number of hydrogen-bond donors (Lipinski definition) is 1. The monoisotopic (exact) mass is 279 g/mol. The molecular weight excluding hydrogens is 262 g/mol. The lowest BCUT2D eigenvalue weighted by atomic mass is 9.81. The molecule has 1 aliphatic carbocycles. The standard InChI is InChI=1S/C14H17NO3S/c16-12(9-5-6-19-8-9)7-15-13(17)10-3-1-2-4-11(10)14(15)18/h5-6,8,10-12,16H,1-4,7H2. The minimum absolute atomic E-state index is 0.0796. The van der Waals surface area contributed by atoms with Gasteiger partial charge in [0.15, 0.2) is 0 Å². The molecule has 4 nitrogen and oxygen atoms in total. The predicted molar refractivity (Wildman–Crippen MR) is 71.4 cm³/mol. The SMILES string of the molecule is O=C1C2CCCCC2C(=O)N1CC(O)c1ccsc1. The molecule has 19 heavy (non-hydrogen) atoms. The van der Waals surface area contributed by atoms with Gasteiger partial charge in [0.25, 0.3) is 0 Å². The lowest BCUT2D eigenvalue weighted by molar-refractivity contribution is -0.141. The molecule has 0 aromatic carbocycles. The predicted octanol–water partition coefficient (Wildman–Crippen LogP) is 1.96. The number of thiophene rings is 1. The van der Waals surface area contributed by atoms with Crippen LogP contribution in [0.2, 0.25) is 0 Å². The summed E-state index contributed by atoms with van der Waals surface area (Å²) in [6.07, 6.45) is 2.93. The van der Waals surface area contributed by atoms with Crippen LogP contribution in [0.5, 0.6) is 0 Å². The van der Waals surface area contributed by atoms with E-state index in [0.29, 0.717) is 0 Å². The van der Waals surface area contributed by atoms with Gasteiger partial charge in [0.1, 0.15) is 0 Å². The number of rotatable bonds is 3. The van der Waals surface area contributed by atoms with E-state index < -0.39 is 6.10 Å². The van der Waals surface area contributed by atoms with Crippen LogP contribution in [0.4, 0.5) is 0 Å². The molecule has 1 N–H and O–H groups in total. The maximum absolute atomic E-state index is 12.3. The molecule has 2 aliphatic rings. The van der Waals surface area contributed by atoms with E-state index >= 15 is 0 Å². The molecule has 1 aliphatic heterocycles. The summed E-state index contributed by atoms with van der Waals surface area (Å²) < 4.78 is 0. The van der Waals surface area contributed by atoms with Crippen molar-refractivity contribution in [1.82, 2.24) is 4.90 Å². The number of carbonyl (C=O) groups excluding carboxylic acids is 2. The minimum atomic E-state index is -0.765. The highest BCUT2D eigenvalue weighted by molar-refractivity contribution is 7.07. The second-order valence-electron chi connectivity index (χ2n) is 5.36. The minimum Gasteiger partial charge on any atom is -0.387 e. The Morgan fingerprint density at radius 2 is 1.89 bits per heavy atom. The van der Waals surface area contributed by atoms with Crippen LogP contribution in [-0.4, -0.2) is 28.4 Å². The van der Waals surface area contributed by atoms with Gasteiger partial charge in [0.2, 0.25) is 11.8 Å². The highest BCUT2D eigenvalue weighted by atomic mass is 32.1. The van der Waals surface area contributed by atoms with Crippen LogP contribution in [0.3, 0.4) is 0 Å². The number of β-amino-alcohol motifs (C(OH)–C–C–N with tert-alkyl or cyclic N) is 1. The fourth-order valence-corrected chi connectivity index (χ4v) is 3.86. The van der Waals surface area contributed by atoms with Crippen molar-refractivity contribution in [3.8, 4) is 0 Å². The first kappa shape index (κ1) is 12.8. The average molecular weight is 279 g/mol. The molecule has 102 valence electrons. The maximum atomic E-state index is 12.3. The molecule has 0 radical (unpaired) electrons. The molecule has 0 bridgehead atoms. The van der Waals surface area contributed by atoms with E-state index in [-0.39, 0.29) is 30.2 Å². The zero-order valence-electron chi connectivity index (χ0n) is 10.6. The lowest BCUT2D eigenvalue weighted by Gasteiger charge is -2.19. The Kier molecular flexibility index (Phi) is 3.41. The molecule has 1 aromatic heterocycles. The van der Waals surface area contributed by atoms with Crippen LogP contribution >= 0.6 is 11.3 Å². The third-order valence-corrected chi connectivity index (χ3v) is 4.92. The van der Waals surface area contributed by atoms with Crippen molar-refractivity contribution in [3.05, 3.63) is 22.4 Å². The van der Waals surface area contributed by atoms with Crippen LogP contribution in [0, 0.1) is 11.8 Å². The molecule has 1 aromatic rings. The summed E-state index contributed by atoms with van der Waals surface area (Å²) in [5.74, 6) is -0.417. The van der Waals surface area contributed by atoms with Gasteiger partial charge in [-0.3, -0.25) is 14.5 Å². The fourth-order valence-electron chi connectivity index (χ4n) is 3.15. The number of amides is 2. The van der Waals surface area contributed by atoms with E-state index in [4.69, 9.17) is 0 Å². The Morgan fingerprint density at radius 1 is 1.26 bits per heavy atom. The van der Waals surface area contributed by atoms with Crippen molar-refractivity contribution < 1.29 is 14.7 Å². The summed E-state index contributed by atoms with van der Waals surface area (Å²) in [7, 11) is 0. The molecule has 1 saturated heterocycles. The first-order chi connectivity index (χ1) is 9.18. The lowest BCUT2D eigenvalue weighted by Crippen LogP contribution is -2.34. The first-order valence-electron chi connectivity index (χ1n) is 6.74. The number of hydrogen-bond acceptors (Lipinski definition) is 4. The molecular formula is C14H17NO3S. The van der Waals surface area contributed by atoms with Gasteiger partial charge in [-0.1, -0.05) is 12.8 Å². The second kappa shape index (κ2) is 5.06. The van der Waals surface area contributed by atoms with Gasteiger partial charge in [-0.25, -0.2) is 0 Å². The summed E-state index contributed by atoms with van der Waals surface area (Å²) in [4.78, 5) is 25.8. The van der Waals surface area contributed by atoms with Gasteiger partial charge in [-0.2, -0.15) is 11.3 Å². The van der Waals surface area contributed by atoms with Crippen LogP contribution in [0.1, 0.15) is 37.4 Å². The molecule has 1 saturated carbocycles. The summed E-state index contributed by atoms with van der Waals surface area (Å²) >= 11 is 1.50. The van der Waals surface area contributed by atoms with Gasteiger partial charge in [-0.15, -0.1) is 0 Å². The van der Waals surface area contributed by atoms with Gasteiger partial charge in [-0.05, 0) is 35.2 Å². The van der Waals surface area contributed by atoms with E-state index in [2.05, 4.69) is 0 Å². The van der Waals surface area contributed by atoms with E-state index in [1.165, 1.54) is 16.2 Å². The third kappa shape index (κ3) is 2.21. The second-order valence-corrected chi connectivity index (χ2v) is 6.14. The van der Waals surface area contributed by atoms with Crippen LogP contribution < -0.4 is 0 Å². The van der Waals surface area contributed by atoms with E-state index in [1.54, 1.807) is 0 Å². The van der Waals surface area contributed by atoms with Crippen molar-refractivity contribution >= 4 is 23.2 Å². The van der Waals surface area contributed by atoms with Crippen molar-refractivity contribution in [1.29, 1.82) is 0 Å². The van der Waals surface area contributed by atoms with Crippen LogP contribution in [0.15, 0.2) is 16.8 Å². The highest BCUT2D eigenvalue weighted by Crippen LogP contribution is 2.38. The molecule has 2 amide bonds. The number of carbonyl (C=O) groups is 2. The zero-order valence-corrected chi connectivity index (χ0v) is 11.4. The number of aliphatic hydroxyl groups is 1. The number of fused-ring (bicyclic) bond motifs is 1. The summed E-state index contributed by atoms with van der Waals surface area (Å²) in [6.45, 7) is 0.0986. The first-order valence-corrected chi connectivity index (χ1v) is 7.68. The zero-order chi connectivity index (χ0) is 13.4. The van der Waals surface area contributed by atoms with Gasteiger partial charge in [0, 0.05) is 0 Å². The molecule has 0 spiro atoms. The highest BCUT2D eigenvalue weighted by Gasteiger charge is 2.48. The quantitative estimate of drug-likeness (QED) is 0.860. The van der Waals surface area contributed by atoms with Crippen LogP contribution in [-0.2, 0) is 9.59 Å². The molecule has 3 atom stereocenters. The molecule has 3 unspecified atom stereocenters. The molecule has 2 fully saturated rings. The van der Waals surface area contributed by atoms with Crippen molar-refractivity contribution in [2.75, 3.05) is 6.54 Å². The number of aliphatic hydroxyl groups excluding tert-OH is 1. The maximum Gasteiger partial charge on any atom is 0.233 e. The third-order valence-electron chi connectivity index (χ3n) is 4.22. The smallest absolute Gasteiger partial charge is 0.233 e. The van der Waals surface area contributed by atoms with E-state index in [0.717, 1.165) is 31.2 Å². The van der Waals surface area contributed by atoms with Crippen molar-refractivity contribution in [2.24, 2.45) is 11.8 Å². The van der Waals surface area contributed by atoms with Crippen molar-refractivity contribution in [2.45, 2.75) is 31.8 Å². The Labute approximate surface area is 116 Å². The summed E-state index contributed by atoms with van der Waals surface area (Å²) in [5, 5.41) is 13.8. The largest absolute Gasteiger partial charge is 0.387 e. The number of imide groups is 1. The Hall–Kier alpha value is -1.20. The van der Waals surface area contributed by atoms with E-state index in [1.807, 2.05) is 16.8 Å². The molecule has 2 heterocycles. The van der Waals surface area contributed by atoms with Gasteiger partial charge >= 0.3 is 0 Å². The Morgan fingerprint density at radius 3 is 2.42 bits per heavy atom. The summed E-state index contributed by atoms with van der Waals surface area (Å²) in [6, 6.07) is 1.83. The average Bonchev–Trinajstić information content (AvgIpc) is 3.03. The normalized spacial score (nSPS) is 28.6. The molecule has 3 rings (SSSR count). The Bertz CT molecular complexity index is 461. The Balaban J connectivity index is 1.74. The van der Waals surface area contributed by atoms with Crippen molar-refractivity contribution in [3.63, 3.8) is 0 Å². The fraction of sp³-hybridized carbons (Fsp3) is 0.571. The van der Waals surface area contributed by atoms with Crippen LogP contribution in [0.25, 0.3) is 0 Å². The van der Waals surface area contributed by atoms with Gasteiger partial charge in [0.05, 0.1) is 24.5 Å². The molecule has 5 heteroatoms. The van der Waals surface area contributed by atoms with E-state index in [9.17, 15) is 14.7 Å². The summed E-state index contributed by atoms with van der Waals surface area (Å²) in [5.41, 5.74) is 0.778. The topological polar surface area (TPSA) is 57.6 Å².